The maximum Gasteiger partial charge on any atom is 0.311 e. The summed E-state index contributed by atoms with van der Waals surface area (Å²) in [5.74, 6) is 0.669. The molecule has 1 N–H and O–H groups in total. The normalized spacial score (nSPS) is 12.1. The molecule has 1 rings (SSSR count). The molecule has 0 spiro atoms. The van der Waals surface area contributed by atoms with Crippen LogP contribution in [0.1, 0.15) is 5.69 Å². The fraction of sp³-hybridized carbons (Fsp3) is 0.444. The van der Waals surface area contributed by atoms with Gasteiger partial charge in [-0.05, 0) is 13.0 Å². The Balaban J connectivity index is 2.80. The van der Waals surface area contributed by atoms with Crippen LogP contribution in [0.25, 0.3) is 0 Å². The van der Waals surface area contributed by atoms with Crippen molar-refractivity contribution >= 4 is 22.3 Å². The number of aryl methyl sites for hydroxylation is 1. The number of rotatable bonds is 5. The van der Waals surface area contributed by atoms with Crippen molar-refractivity contribution in [2.45, 2.75) is 6.92 Å². The van der Waals surface area contributed by atoms with Crippen molar-refractivity contribution in [3.63, 3.8) is 0 Å². The van der Waals surface area contributed by atoms with Crippen molar-refractivity contribution in [2.24, 2.45) is 0 Å². The van der Waals surface area contributed by atoms with Crippen LogP contribution in [0.3, 0.4) is 0 Å². The highest BCUT2D eigenvalue weighted by atomic mass is 32.2. The Kier molecular flexibility index (Phi) is 4.36. The van der Waals surface area contributed by atoms with E-state index >= 15 is 0 Å². The Morgan fingerprint density at radius 3 is 2.81 bits per heavy atom. The first-order chi connectivity index (χ1) is 7.50. The smallest absolute Gasteiger partial charge is 0.311 e. The predicted octanol–water partition coefficient (Wildman–Crippen LogP) is 1.09. The number of hydrogen-bond acceptors (Lipinski definition) is 5. The monoisotopic (exact) mass is 243 g/mol. The molecule has 0 aliphatic carbocycles. The van der Waals surface area contributed by atoms with Gasteiger partial charge < -0.3 is 5.32 Å². The second kappa shape index (κ2) is 5.55. The maximum absolute atomic E-state index is 10.8. The fourth-order valence-electron chi connectivity index (χ4n) is 1.14. The van der Waals surface area contributed by atoms with Gasteiger partial charge in [-0.1, -0.05) is 0 Å². The molecule has 0 bridgehead atoms. The highest BCUT2D eigenvalue weighted by Gasteiger charge is 2.14. The third-order valence-corrected chi connectivity index (χ3v) is 2.67. The molecule has 0 amide bonds. The van der Waals surface area contributed by atoms with Crippen LogP contribution in [0.2, 0.25) is 0 Å². The molecule has 1 aromatic heterocycles. The van der Waals surface area contributed by atoms with Crippen molar-refractivity contribution in [3.8, 4) is 0 Å². The zero-order valence-corrected chi connectivity index (χ0v) is 9.91. The minimum Gasteiger partial charge on any atom is -0.363 e. The lowest BCUT2D eigenvalue weighted by molar-refractivity contribution is -0.384. The van der Waals surface area contributed by atoms with E-state index in [1.165, 1.54) is 6.07 Å². The van der Waals surface area contributed by atoms with Crippen molar-refractivity contribution < 1.29 is 9.13 Å². The van der Waals surface area contributed by atoms with Gasteiger partial charge in [0.05, 0.1) is 4.92 Å². The summed E-state index contributed by atoms with van der Waals surface area (Å²) in [6.07, 6.45) is 1.58. The summed E-state index contributed by atoms with van der Waals surface area (Å²) in [5.41, 5.74) is 0.637. The second-order valence-electron chi connectivity index (χ2n) is 3.28. The standard InChI is InChI=1S/C9H13N3O3S/c1-7-3-4-8(12(13)14)9(11-7)10-5-6-16(2)15/h3-4H,5-6H2,1-2H3,(H,10,11). The molecular formula is C9H13N3O3S. The number of hydrogen-bond donors (Lipinski definition) is 1. The van der Waals surface area contributed by atoms with Gasteiger partial charge in [-0.25, -0.2) is 4.98 Å². The second-order valence-corrected chi connectivity index (χ2v) is 4.84. The van der Waals surface area contributed by atoms with E-state index in [1.807, 2.05) is 0 Å². The van der Waals surface area contributed by atoms with Gasteiger partial charge in [-0.15, -0.1) is 0 Å². The lowest BCUT2D eigenvalue weighted by Gasteiger charge is -2.05. The van der Waals surface area contributed by atoms with E-state index in [0.717, 1.165) is 0 Å². The molecule has 1 unspecified atom stereocenters. The van der Waals surface area contributed by atoms with E-state index in [-0.39, 0.29) is 11.5 Å². The molecule has 7 heteroatoms. The summed E-state index contributed by atoms with van der Waals surface area (Å²) in [6, 6.07) is 2.99. The van der Waals surface area contributed by atoms with Crippen LogP contribution in [-0.4, -0.2) is 32.7 Å². The maximum atomic E-state index is 10.8. The summed E-state index contributed by atoms with van der Waals surface area (Å²) in [7, 11) is -0.922. The van der Waals surface area contributed by atoms with Crippen LogP contribution >= 0.6 is 0 Å². The van der Waals surface area contributed by atoms with Gasteiger partial charge in [0.15, 0.2) is 0 Å². The summed E-state index contributed by atoms with van der Waals surface area (Å²) in [5, 5.41) is 13.5. The van der Waals surface area contributed by atoms with Crippen LogP contribution in [0.15, 0.2) is 12.1 Å². The minimum atomic E-state index is -0.922. The van der Waals surface area contributed by atoms with Gasteiger partial charge in [0.1, 0.15) is 0 Å². The summed E-state index contributed by atoms with van der Waals surface area (Å²) >= 11 is 0. The van der Waals surface area contributed by atoms with E-state index in [9.17, 15) is 14.3 Å². The first-order valence-corrected chi connectivity index (χ1v) is 6.39. The molecule has 16 heavy (non-hydrogen) atoms. The number of aromatic nitrogens is 1. The van der Waals surface area contributed by atoms with Gasteiger partial charge in [0.2, 0.25) is 5.82 Å². The summed E-state index contributed by atoms with van der Waals surface area (Å²) in [6.45, 7) is 2.16. The Bertz CT molecular complexity index is 422. The fourth-order valence-corrected chi connectivity index (χ4v) is 1.53. The lowest BCUT2D eigenvalue weighted by atomic mass is 10.3. The van der Waals surface area contributed by atoms with Gasteiger partial charge in [-0.2, -0.15) is 0 Å². The SMILES string of the molecule is Cc1ccc([N+](=O)[O-])c(NCCS(C)=O)n1. The average molecular weight is 243 g/mol. The van der Waals surface area contributed by atoms with Gasteiger partial charge in [0, 0.05) is 41.1 Å². The third kappa shape index (κ3) is 3.58. The molecule has 1 aromatic rings. The predicted molar refractivity (Wildman–Crippen MR) is 63.1 cm³/mol. The van der Waals surface area contributed by atoms with Crippen molar-refractivity contribution in [1.82, 2.24) is 4.98 Å². The van der Waals surface area contributed by atoms with Gasteiger partial charge in [0.25, 0.3) is 0 Å². The van der Waals surface area contributed by atoms with E-state index in [4.69, 9.17) is 0 Å². The Morgan fingerprint density at radius 2 is 2.25 bits per heavy atom. The Morgan fingerprint density at radius 1 is 1.56 bits per heavy atom. The molecule has 0 aliphatic heterocycles. The number of nitro groups is 1. The van der Waals surface area contributed by atoms with E-state index in [2.05, 4.69) is 10.3 Å². The average Bonchev–Trinajstić information content (AvgIpc) is 2.16. The van der Waals surface area contributed by atoms with E-state index in [1.54, 1.807) is 19.2 Å². The molecule has 0 saturated carbocycles. The van der Waals surface area contributed by atoms with Crippen molar-refractivity contribution in [2.75, 3.05) is 23.9 Å². The highest BCUT2D eigenvalue weighted by Crippen LogP contribution is 2.21. The van der Waals surface area contributed by atoms with Crippen molar-refractivity contribution in [3.05, 3.63) is 27.9 Å². The zero-order valence-electron chi connectivity index (χ0n) is 9.10. The molecule has 0 saturated heterocycles. The van der Waals surface area contributed by atoms with Crippen LogP contribution in [0, 0.1) is 17.0 Å². The molecule has 1 heterocycles. The van der Waals surface area contributed by atoms with E-state index < -0.39 is 15.7 Å². The van der Waals surface area contributed by atoms with Crippen LogP contribution in [0.4, 0.5) is 11.5 Å². The first kappa shape index (κ1) is 12.6. The third-order valence-electron chi connectivity index (χ3n) is 1.89. The zero-order chi connectivity index (χ0) is 12.1. The summed E-state index contributed by atoms with van der Waals surface area (Å²) < 4.78 is 10.8. The number of nitrogens with one attached hydrogen (secondary N) is 1. The number of nitrogens with zero attached hydrogens (tertiary/aromatic N) is 2. The highest BCUT2D eigenvalue weighted by molar-refractivity contribution is 7.84. The summed E-state index contributed by atoms with van der Waals surface area (Å²) in [4.78, 5) is 14.2. The first-order valence-electron chi connectivity index (χ1n) is 4.66. The van der Waals surface area contributed by atoms with E-state index in [0.29, 0.717) is 18.0 Å². The van der Waals surface area contributed by atoms with Crippen LogP contribution in [-0.2, 0) is 10.8 Å². The van der Waals surface area contributed by atoms with Gasteiger partial charge >= 0.3 is 5.69 Å². The molecule has 6 nitrogen and oxygen atoms in total. The Hall–Kier alpha value is -1.50. The molecule has 1 atom stereocenters. The minimum absolute atomic E-state index is 0.0625. The molecule has 88 valence electrons. The molecular weight excluding hydrogens is 230 g/mol. The number of anilines is 1. The topological polar surface area (TPSA) is 85.1 Å². The molecule has 0 aliphatic rings. The molecule has 0 radical (unpaired) electrons. The molecule has 0 fully saturated rings. The molecule has 0 aromatic carbocycles. The quantitative estimate of drug-likeness (QED) is 0.618. The largest absolute Gasteiger partial charge is 0.363 e. The van der Waals surface area contributed by atoms with Crippen LogP contribution in [0.5, 0.6) is 0 Å². The van der Waals surface area contributed by atoms with Crippen LogP contribution < -0.4 is 5.32 Å². The number of pyridine rings is 1. The Labute approximate surface area is 95.7 Å². The van der Waals surface area contributed by atoms with Crippen molar-refractivity contribution in [1.29, 1.82) is 0 Å². The lowest BCUT2D eigenvalue weighted by Crippen LogP contribution is -2.12. The van der Waals surface area contributed by atoms with Gasteiger partial charge in [-0.3, -0.25) is 14.3 Å².